The van der Waals surface area contributed by atoms with Crippen molar-refractivity contribution in [2.75, 3.05) is 12.4 Å². The molecular weight excluding hydrogens is 541 g/mol. The van der Waals surface area contributed by atoms with Crippen LogP contribution in [0.1, 0.15) is 15.9 Å². The van der Waals surface area contributed by atoms with Crippen LogP contribution < -0.4 is 10.1 Å². The monoisotopic (exact) mass is 559 g/mol. The predicted octanol–water partition coefficient (Wildman–Crippen LogP) is 7.08. The molecule has 0 atom stereocenters. The smallest absolute Gasteiger partial charge is 0.294 e. The first kappa shape index (κ1) is 26.4. The van der Waals surface area contributed by atoms with Crippen LogP contribution in [0.4, 0.5) is 17.1 Å². The van der Waals surface area contributed by atoms with Gasteiger partial charge in [0.05, 0.1) is 22.6 Å². The van der Waals surface area contributed by atoms with Gasteiger partial charge in [0.1, 0.15) is 17.1 Å². The molecule has 4 aromatic carbocycles. The van der Waals surface area contributed by atoms with Crippen LogP contribution >= 0.6 is 23.2 Å². The normalized spacial score (nSPS) is 11.7. The summed E-state index contributed by atoms with van der Waals surface area (Å²) in [7, 11) is -3.07. The summed E-state index contributed by atoms with van der Waals surface area (Å²) >= 11 is 12.3. The van der Waals surface area contributed by atoms with Crippen LogP contribution in [-0.2, 0) is 10.1 Å². The third-order valence-electron chi connectivity index (χ3n) is 5.38. The van der Waals surface area contributed by atoms with Crippen molar-refractivity contribution in [3.05, 3.63) is 81.8 Å². The molecule has 9 nitrogen and oxygen atoms in total. The van der Waals surface area contributed by atoms with Gasteiger partial charge in [0.25, 0.3) is 16.0 Å². The molecule has 0 fully saturated rings. The zero-order valence-corrected chi connectivity index (χ0v) is 21.7. The molecule has 190 valence electrons. The molecule has 0 spiro atoms. The molecule has 0 saturated heterocycles. The molecule has 4 rings (SSSR count). The first-order valence-electron chi connectivity index (χ1n) is 10.6. The first-order chi connectivity index (χ1) is 17.5. The number of nitrogens with one attached hydrogen (secondary N) is 1. The molecule has 0 radical (unpaired) electrons. The summed E-state index contributed by atoms with van der Waals surface area (Å²) in [5.74, 6) is -0.683. The van der Waals surface area contributed by atoms with E-state index in [-0.39, 0.29) is 32.4 Å². The van der Waals surface area contributed by atoms with Crippen molar-refractivity contribution >= 4 is 67.1 Å². The van der Waals surface area contributed by atoms with Crippen LogP contribution in [0.2, 0.25) is 10.0 Å². The number of phenols is 1. The number of anilines is 1. The molecular formula is C25H19Cl2N3O6S. The fourth-order valence-electron chi connectivity index (χ4n) is 3.64. The molecule has 0 unspecified atom stereocenters. The second kappa shape index (κ2) is 10.3. The van der Waals surface area contributed by atoms with E-state index >= 15 is 0 Å². The van der Waals surface area contributed by atoms with Crippen molar-refractivity contribution in [2.24, 2.45) is 10.2 Å². The van der Waals surface area contributed by atoms with Gasteiger partial charge in [0.15, 0.2) is 5.75 Å². The summed E-state index contributed by atoms with van der Waals surface area (Å²) in [5.41, 5.74) is 0.353. The molecule has 0 aliphatic heterocycles. The van der Waals surface area contributed by atoms with E-state index in [1.807, 2.05) is 0 Å². The second-order valence-corrected chi connectivity index (χ2v) is 10.2. The summed E-state index contributed by atoms with van der Waals surface area (Å²) in [6.07, 6.45) is 0. The maximum atomic E-state index is 13.1. The minimum atomic E-state index is -4.54. The third kappa shape index (κ3) is 5.67. The summed E-state index contributed by atoms with van der Waals surface area (Å²) in [6.45, 7) is 1.47. The molecule has 0 aromatic heterocycles. The summed E-state index contributed by atoms with van der Waals surface area (Å²) in [5, 5.41) is 23.3. The Hall–Kier alpha value is -3.70. The molecule has 1 amide bonds. The Kier molecular flexibility index (Phi) is 7.37. The van der Waals surface area contributed by atoms with Gasteiger partial charge >= 0.3 is 0 Å². The van der Waals surface area contributed by atoms with Crippen LogP contribution in [0.25, 0.3) is 10.8 Å². The molecule has 0 saturated carbocycles. The van der Waals surface area contributed by atoms with Gasteiger partial charge in [0, 0.05) is 22.2 Å². The number of amides is 1. The summed E-state index contributed by atoms with van der Waals surface area (Å²) < 4.78 is 38.0. The fourth-order valence-corrected chi connectivity index (χ4v) is 4.85. The van der Waals surface area contributed by atoms with Gasteiger partial charge < -0.3 is 15.2 Å². The number of ether oxygens (including phenoxy) is 1. The number of halogens is 2. The molecule has 0 bridgehead atoms. The largest absolute Gasteiger partial charge is 0.505 e. The van der Waals surface area contributed by atoms with Gasteiger partial charge in [-0.2, -0.15) is 8.42 Å². The van der Waals surface area contributed by atoms with Crippen molar-refractivity contribution in [1.82, 2.24) is 0 Å². The SMILES string of the molecule is COc1cc(Cl)cc(NC(=O)c2cc3ccccc3c(N=Nc3cc(S(=O)(=O)O)c(C)cc3Cl)c2O)c1. The lowest BCUT2D eigenvalue weighted by Crippen LogP contribution is -2.12. The number of aromatic hydroxyl groups is 1. The predicted molar refractivity (Wildman–Crippen MR) is 142 cm³/mol. The van der Waals surface area contributed by atoms with E-state index in [1.165, 1.54) is 32.2 Å². The van der Waals surface area contributed by atoms with E-state index in [0.29, 0.717) is 27.2 Å². The average Bonchev–Trinajstić information content (AvgIpc) is 2.82. The number of methoxy groups -OCH3 is 1. The summed E-state index contributed by atoms with van der Waals surface area (Å²) in [4.78, 5) is 12.7. The lowest BCUT2D eigenvalue weighted by atomic mass is 10.0. The number of phenolic OH excluding ortho intramolecular Hbond substituents is 1. The Morgan fingerprint density at radius 1 is 1.03 bits per heavy atom. The molecule has 3 N–H and O–H groups in total. The zero-order valence-electron chi connectivity index (χ0n) is 19.4. The summed E-state index contributed by atoms with van der Waals surface area (Å²) in [6, 6.07) is 15.4. The number of aryl methyl sites for hydroxylation is 1. The molecule has 37 heavy (non-hydrogen) atoms. The number of nitrogens with zero attached hydrogens (tertiary/aromatic N) is 2. The quantitative estimate of drug-likeness (QED) is 0.170. The Labute approximate surface area is 222 Å². The minimum Gasteiger partial charge on any atom is -0.505 e. The van der Waals surface area contributed by atoms with Gasteiger partial charge in [-0.15, -0.1) is 10.2 Å². The van der Waals surface area contributed by atoms with E-state index in [9.17, 15) is 22.9 Å². The number of azo groups is 1. The highest BCUT2D eigenvalue weighted by atomic mass is 35.5. The Balaban J connectivity index is 1.81. The zero-order chi connectivity index (χ0) is 26.9. The lowest BCUT2D eigenvalue weighted by molar-refractivity contribution is 0.102. The third-order valence-corrected chi connectivity index (χ3v) is 6.90. The standard InChI is InChI=1S/C25H19Cl2N3O6S/c1-13-7-20(27)21(12-22(13)37(33,34)35)29-30-23-18-6-4-3-5-14(18)8-19(24(23)31)25(32)28-16-9-15(26)10-17(11-16)36-2/h3-12,31H,1-2H3,(H,28,32)(H,33,34,35). The van der Waals surface area contributed by atoms with Crippen molar-refractivity contribution < 1.29 is 27.6 Å². The van der Waals surface area contributed by atoms with E-state index in [4.69, 9.17) is 27.9 Å². The highest BCUT2D eigenvalue weighted by molar-refractivity contribution is 7.85. The topological polar surface area (TPSA) is 138 Å². The highest BCUT2D eigenvalue weighted by Crippen LogP contribution is 2.41. The van der Waals surface area contributed by atoms with Gasteiger partial charge in [-0.1, -0.05) is 47.5 Å². The van der Waals surface area contributed by atoms with Crippen LogP contribution in [0.5, 0.6) is 11.5 Å². The van der Waals surface area contributed by atoms with Crippen LogP contribution in [0, 0.1) is 6.92 Å². The number of fused-ring (bicyclic) bond motifs is 1. The Bertz CT molecular complexity index is 1690. The van der Waals surface area contributed by atoms with Crippen molar-refractivity contribution in [2.45, 2.75) is 11.8 Å². The van der Waals surface area contributed by atoms with Crippen molar-refractivity contribution in [3.63, 3.8) is 0 Å². The van der Waals surface area contributed by atoms with Crippen LogP contribution in [0.15, 0.2) is 75.8 Å². The molecule has 0 aliphatic carbocycles. The van der Waals surface area contributed by atoms with Crippen molar-refractivity contribution in [1.29, 1.82) is 0 Å². The Morgan fingerprint density at radius 2 is 1.76 bits per heavy atom. The van der Waals surface area contributed by atoms with Crippen LogP contribution in [-0.4, -0.2) is 31.1 Å². The number of hydrogen-bond donors (Lipinski definition) is 3. The van der Waals surface area contributed by atoms with E-state index < -0.39 is 21.8 Å². The first-order valence-corrected chi connectivity index (χ1v) is 12.8. The minimum absolute atomic E-state index is 0.0445. The number of carbonyl (C=O) groups is 1. The van der Waals surface area contributed by atoms with E-state index in [1.54, 1.807) is 36.4 Å². The van der Waals surface area contributed by atoms with Gasteiger partial charge in [0.2, 0.25) is 0 Å². The molecule has 0 heterocycles. The van der Waals surface area contributed by atoms with Crippen molar-refractivity contribution in [3.8, 4) is 11.5 Å². The molecule has 12 heteroatoms. The fraction of sp³-hybridized carbons (Fsp3) is 0.0800. The van der Waals surface area contributed by atoms with Crippen LogP contribution in [0.3, 0.4) is 0 Å². The van der Waals surface area contributed by atoms with E-state index in [0.717, 1.165) is 6.07 Å². The second-order valence-electron chi connectivity index (χ2n) is 7.92. The van der Waals surface area contributed by atoms with Gasteiger partial charge in [-0.25, -0.2) is 0 Å². The van der Waals surface area contributed by atoms with E-state index in [2.05, 4.69) is 15.5 Å². The number of benzene rings is 4. The molecule has 0 aliphatic rings. The number of hydrogen-bond acceptors (Lipinski definition) is 7. The number of rotatable bonds is 6. The lowest BCUT2D eigenvalue weighted by Gasteiger charge is -2.12. The Morgan fingerprint density at radius 3 is 2.46 bits per heavy atom. The highest BCUT2D eigenvalue weighted by Gasteiger charge is 2.20. The maximum Gasteiger partial charge on any atom is 0.294 e. The maximum absolute atomic E-state index is 13.1. The average molecular weight is 560 g/mol. The van der Waals surface area contributed by atoms with Gasteiger partial charge in [-0.3, -0.25) is 9.35 Å². The van der Waals surface area contributed by atoms with Gasteiger partial charge in [-0.05, 0) is 48.2 Å². The molecule has 4 aromatic rings. The number of carbonyl (C=O) groups excluding carboxylic acids is 1.